The van der Waals surface area contributed by atoms with E-state index in [1.807, 2.05) is 21.1 Å². The van der Waals surface area contributed by atoms with Crippen molar-refractivity contribution < 1.29 is 32.5 Å². The van der Waals surface area contributed by atoms with Crippen LogP contribution in [0, 0.1) is 5.92 Å². The smallest absolute Gasteiger partial charge is 0.302 e. The highest BCUT2D eigenvalue weighted by Gasteiger charge is 2.18. The van der Waals surface area contributed by atoms with Gasteiger partial charge in [0, 0.05) is 12.8 Å². The zero-order valence-corrected chi connectivity index (χ0v) is 23.8. The molecule has 0 aromatic heterocycles. The summed E-state index contributed by atoms with van der Waals surface area (Å²) in [6, 6.07) is 0. The maximum Gasteiger partial charge on any atom is 0.302 e. The number of hydrogen-bond donors (Lipinski definition) is 0. The third-order valence-corrected chi connectivity index (χ3v) is 6.93. The molecule has 0 spiro atoms. The number of ether oxygens (including phenoxy) is 1. The summed E-state index contributed by atoms with van der Waals surface area (Å²) in [6.45, 7) is 4.41. The molecule has 204 valence electrons. The highest BCUT2D eigenvalue weighted by atomic mass is 31.2. The lowest BCUT2D eigenvalue weighted by molar-refractivity contribution is -0.870. The summed E-state index contributed by atoms with van der Waals surface area (Å²) in [5, 5.41) is 0. The number of likely N-dealkylation sites (N-methyl/N-ethyl adjacent to an activating group) is 1. The van der Waals surface area contributed by atoms with E-state index in [1.165, 1.54) is 84.0 Å². The molecule has 0 rings (SSSR count). The second kappa shape index (κ2) is 20.7. The van der Waals surface area contributed by atoms with Gasteiger partial charge in [-0.3, -0.25) is 9.36 Å². The molecular weight excluding hydrogens is 453 g/mol. The number of phosphoric acid groups is 1. The molecule has 0 bridgehead atoms. The van der Waals surface area contributed by atoms with Gasteiger partial charge in [-0.05, 0) is 6.42 Å². The van der Waals surface area contributed by atoms with Gasteiger partial charge < -0.3 is 23.2 Å². The van der Waals surface area contributed by atoms with Crippen molar-refractivity contribution in [3.8, 4) is 0 Å². The molecule has 34 heavy (non-hydrogen) atoms. The first kappa shape index (κ1) is 33.5. The van der Waals surface area contributed by atoms with Crippen LogP contribution >= 0.6 is 7.82 Å². The topological polar surface area (TPSA) is 84.9 Å². The predicted molar refractivity (Wildman–Crippen MR) is 137 cm³/mol. The Morgan fingerprint density at radius 1 is 0.794 bits per heavy atom. The molecule has 0 heterocycles. The zero-order valence-electron chi connectivity index (χ0n) is 22.9. The van der Waals surface area contributed by atoms with Crippen molar-refractivity contribution in [3.05, 3.63) is 0 Å². The molecule has 2 atom stereocenters. The van der Waals surface area contributed by atoms with E-state index in [4.69, 9.17) is 13.8 Å². The molecule has 0 radical (unpaired) electrons. The molecule has 2 unspecified atom stereocenters. The number of unbranched alkanes of at least 4 members (excludes halogenated alkanes) is 13. The van der Waals surface area contributed by atoms with Gasteiger partial charge in [-0.25, -0.2) is 0 Å². The summed E-state index contributed by atoms with van der Waals surface area (Å²) < 4.78 is 27.8. The normalized spacial score (nSPS) is 14.6. The first-order chi connectivity index (χ1) is 16.1. The maximum atomic E-state index is 12.0. The average Bonchev–Trinajstić information content (AvgIpc) is 2.74. The van der Waals surface area contributed by atoms with Gasteiger partial charge in [-0.1, -0.05) is 96.8 Å². The van der Waals surface area contributed by atoms with Crippen LogP contribution in [-0.4, -0.2) is 58.0 Å². The third kappa shape index (κ3) is 24.7. The molecule has 0 aromatic rings. The number of quaternary nitrogens is 1. The zero-order chi connectivity index (χ0) is 25.7. The molecule has 0 aliphatic heterocycles. The Hall–Kier alpha value is -0.460. The predicted octanol–water partition coefficient (Wildman–Crippen LogP) is 6.24. The molecule has 0 aromatic carbocycles. The largest absolute Gasteiger partial charge is 0.756 e. The Kier molecular flexibility index (Phi) is 20.4. The van der Waals surface area contributed by atoms with Gasteiger partial charge in [0.1, 0.15) is 13.2 Å². The third-order valence-electron chi connectivity index (χ3n) is 5.97. The van der Waals surface area contributed by atoms with Crippen molar-refractivity contribution in [2.45, 2.75) is 110 Å². The van der Waals surface area contributed by atoms with Gasteiger partial charge in [-0.2, -0.15) is 0 Å². The van der Waals surface area contributed by atoms with Crippen LogP contribution in [-0.2, 0) is 23.1 Å². The van der Waals surface area contributed by atoms with E-state index in [0.29, 0.717) is 11.0 Å². The Balaban J connectivity index is 3.93. The van der Waals surface area contributed by atoms with E-state index in [-0.39, 0.29) is 31.7 Å². The quantitative estimate of drug-likeness (QED) is 0.0665. The average molecular weight is 508 g/mol. The molecule has 0 aliphatic rings. The van der Waals surface area contributed by atoms with Crippen molar-refractivity contribution in [2.24, 2.45) is 5.92 Å². The summed E-state index contributed by atoms with van der Waals surface area (Å²) in [7, 11) is 1.54. The summed E-state index contributed by atoms with van der Waals surface area (Å²) in [5.41, 5.74) is 0. The molecule has 0 amide bonds. The van der Waals surface area contributed by atoms with Crippen LogP contribution in [0.4, 0.5) is 0 Å². The number of carbonyl (C=O) groups excluding carboxylic acids is 1. The Bertz CT molecular complexity index is 538. The minimum absolute atomic E-state index is 0.0170. The Labute approximate surface area is 210 Å². The van der Waals surface area contributed by atoms with E-state index < -0.39 is 7.82 Å². The molecule has 0 aliphatic carbocycles. The highest BCUT2D eigenvalue weighted by molar-refractivity contribution is 7.45. The van der Waals surface area contributed by atoms with Crippen molar-refractivity contribution in [3.63, 3.8) is 0 Å². The Morgan fingerprint density at radius 2 is 1.26 bits per heavy atom. The van der Waals surface area contributed by atoms with Crippen molar-refractivity contribution in [1.29, 1.82) is 0 Å². The monoisotopic (exact) mass is 507 g/mol. The van der Waals surface area contributed by atoms with Crippen LogP contribution in [0.15, 0.2) is 0 Å². The van der Waals surface area contributed by atoms with Crippen molar-refractivity contribution in [1.82, 2.24) is 0 Å². The van der Waals surface area contributed by atoms with Gasteiger partial charge in [0.25, 0.3) is 7.82 Å². The minimum Gasteiger partial charge on any atom is -0.756 e. The maximum absolute atomic E-state index is 12.0. The van der Waals surface area contributed by atoms with Crippen LogP contribution in [0.1, 0.15) is 110 Å². The van der Waals surface area contributed by atoms with E-state index in [9.17, 15) is 14.3 Å². The fraction of sp³-hybridized carbons (Fsp3) is 0.962. The summed E-state index contributed by atoms with van der Waals surface area (Å²) in [4.78, 5) is 23.2. The standard InChI is InChI=1S/C26H54NO6P/c1-6-7-8-9-10-11-12-13-14-15-16-17-18-19-20-26(23-31-25(2)28)24-33-34(29,30)32-22-21-27(3,4)5/h26H,6-24H2,1-5H3. The number of hydrogen-bond acceptors (Lipinski definition) is 6. The first-order valence-electron chi connectivity index (χ1n) is 13.6. The second-order valence-electron chi connectivity index (χ2n) is 10.6. The van der Waals surface area contributed by atoms with Crippen molar-refractivity contribution >= 4 is 13.8 Å². The van der Waals surface area contributed by atoms with Gasteiger partial charge in [0.05, 0.1) is 34.4 Å². The van der Waals surface area contributed by atoms with Crippen LogP contribution < -0.4 is 4.89 Å². The van der Waals surface area contributed by atoms with E-state index in [1.54, 1.807) is 0 Å². The van der Waals surface area contributed by atoms with Crippen LogP contribution in [0.25, 0.3) is 0 Å². The van der Waals surface area contributed by atoms with E-state index in [2.05, 4.69) is 6.92 Å². The van der Waals surface area contributed by atoms with Crippen LogP contribution in [0.5, 0.6) is 0 Å². The van der Waals surface area contributed by atoms with Gasteiger partial charge in [0.2, 0.25) is 0 Å². The second-order valence-corrected chi connectivity index (χ2v) is 12.1. The van der Waals surface area contributed by atoms with E-state index >= 15 is 0 Å². The summed E-state index contributed by atoms with van der Waals surface area (Å²) in [5.74, 6) is -0.513. The Morgan fingerprint density at radius 3 is 1.71 bits per heavy atom. The van der Waals surface area contributed by atoms with Gasteiger partial charge in [-0.15, -0.1) is 0 Å². The van der Waals surface area contributed by atoms with Crippen LogP contribution in [0.2, 0.25) is 0 Å². The minimum atomic E-state index is -4.35. The number of nitrogens with zero attached hydrogens (tertiary/aromatic N) is 1. The van der Waals surface area contributed by atoms with Crippen molar-refractivity contribution in [2.75, 3.05) is 47.5 Å². The number of phosphoric ester groups is 1. The highest BCUT2D eigenvalue weighted by Crippen LogP contribution is 2.39. The number of rotatable bonds is 24. The fourth-order valence-corrected chi connectivity index (χ4v) is 4.51. The summed E-state index contributed by atoms with van der Waals surface area (Å²) in [6.07, 6.45) is 18.9. The fourth-order valence-electron chi connectivity index (χ4n) is 3.74. The molecule has 0 saturated carbocycles. The van der Waals surface area contributed by atoms with Crippen LogP contribution in [0.3, 0.4) is 0 Å². The number of carbonyl (C=O) groups is 1. The lowest BCUT2D eigenvalue weighted by atomic mass is 10.0. The van der Waals surface area contributed by atoms with Gasteiger partial charge in [0.15, 0.2) is 0 Å². The summed E-state index contributed by atoms with van der Waals surface area (Å²) >= 11 is 0. The van der Waals surface area contributed by atoms with Gasteiger partial charge >= 0.3 is 5.97 Å². The molecule has 0 fully saturated rings. The molecule has 0 saturated heterocycles. The SMILES string of the molecule is CCCCCCCCCCCCCCCCC(COC(C)=O)COP(=O)([O-])OCC[N+](C)(C)C. The van der Waals surface area contributed by atoms with E-state index in [0.717, 1.165) is 19.3 Å². The molecule has 0 N–H and O–H groups in total. The molecule has 7 nitrogen and oxygen atoms in total. The molecule has 8 heteroatoms. The number of esters is 1. The lowest BCUT2D eigenvalue weighted by Gasteiger charge is -2.28. The molecular formula is C26H54NO6P. The first-order valence-corrected chi connectivity index (χ1v) is 15.1. The lowest BCUT2D eigenvalue weighted by Crippen LogP contribution is -2.37.